The normalized spacial score (nSPS) is 14.8. The van der Waals surface area contributed by atoms with Crippen molar-refractivity contribution >= 4 is 39.5 Å². The lowest BCUT2D eigenvalue weighted by Gasteiger charge is -2.21. The average molecular weight is 1230 g/mol. The zero-order valence-corrected chi connectivity index (χ0v) is 55.6. The molecule has 19 heteroatoms. The van der Waals surface area contributed by atoms with E-state index in [1.54, 1.807) is 0 Å². The predicted octanol–water partition coefficient (Wildman–Crippen LogP) is 17.4. The molecule has 492 valence electrons. The van der Waals surface area contributed by atoms with Crippen molar-refractivity contribution in [3.63, 3.8) is 0 Å². The smallest absolute Gasteiger partial charge is 0.462 e. The molecule has 0 aromatic heterocycles. The van der Waals surface area contributed by atoms with Crippen molar-refractivity contribution in [1.82, 2.24) is 0 Å². The summed E-state index contributed by atoms with van der Waals surface area (Å²) in [6, 6.07) is 0. The summed E-state index contributed by atoms with van der Waals surface area (Å²) in [6.07, 6.45) is 33.8. The molecular weight excluding hydrogens is 1100 g/mol. The van der Waals surface area contributed by atoms with E-state index in [2.05, 4.69) is 55.4 Å². The number of carbonyl (C=O) groups excluding carboxylic acids is 4. The van der Waals surface area contributed by atoms with E-state index in [0.717, 1.165) is 108 Å². The second-order valence-electron chi connectivity index (χ2n) is 24.8. The second-order valence-corrected chi connectivity index (χ2v) is 27.7. The fraction of sp³-hybridized carbons (Fsp3) is 0.938. The van der Waals surface area contributed by atoms with Crippen LogP contribution in [0.3, 0.4) is 0 Å². The molecule has 0 amide bonds. The maximum atomic E-state index is 13.0. The van der Waals surface area contributed by atoms with Gasteiger partial charge in [-0.3, -0.25) is 37.3 Å². The molecule has 0 spiro atoms. The van der Waals surface area contributed by atoms with E-state index in [1.807, 2.05) is 0 Å². The SMILES string of the molecule is CCC(C)CCCCCCCCCCCCC(=O)OC[C@H](COP(=O)(O)OC[C@@H](O)COP(=O)(O)OC[C@@H](COC(=O)CCCCCCCCC(C)C)OC(=O)CCCCCCCCC(C)C)OC(=O)CCCCCCCCCCC(C)C. The number of phosphoric ester groups is 2. The van der Waals surface area contributed by atoms with E-state index in [9.17, 15) is 43.2 Å². The molecule has 3 N–H and O–H groups in total. The Balaban J connectivity index is 5.23. The second kappa shape index (κ2) is 54.2. The third kappa shape index (κ3) is 57.6. The van der Waals surface area contributed by atoms with Gasteiger partial charge in [-0.25, -0.2) is 9.13 Å². The lowest BCUT2D eigenvalue weighted by atomic mass is 9.99. The molecule has 0 radical (unpaired) electrons. The molecule has 3 unspecified atom stereocenters. The molecule has 0 saturated carbocycles. The van der Waals surface area contributed by atoms with Gasteiger partial charge in [0.15, 0.2) is 12.2 Å². The predicted molar refractivity (Wildman–Crippen MR) is 331 cm³/mol. The molecule has 0 rings (SSSR count). The molecule has 0 aromatic rings. The van der Waals surface area contributed by atoms with Gasteiger partial charge < -0.3 is 33.8 Å². The topological polar surface area (TPSA) is 237 Å². The standard InChI is InChI=1S/C64H124O17P2/c1-9-57(8)43-35-27-17-12-10-11-13-18-28-36-44-61(66)74-50-59(80-63(68)46-38-30-19-15-14-16-24-32-40-54(2)3)52-78-82(70,71)76-48-58(65)49-77-83(72,73)79-53-60(81-64(69)47-39-31-23-21-26-34-42-56(6)7)51-75-62(67)45-37-29-22-20-25-33-41-55(4)5/h54-60,65H,9-53H2,1-8H3,(H,70,71)(H,72,73)/t57?,58-,59-,60-/m1/s1. The first kappa shape index (κ1) is 81.1. The monoisotopic (exact) mass is 1230 g/mol. The summed E-state index contributed by atoms with van der Waals surface area (Å²) in [5.74, 6) is 0.732. The molecule has 83 heavy (non-hydrogen) atoms. The van der Waals surface area contributed by atoms with E-state index < -0.39 is 97.5 Å². The maximum absolute atomic E-state index is 13.0. The summed E-state index contributed by atoms with van der Waals surface area (Å²) >= 11 is 0. The Morgan fingerprint density at radius 3 is 0.855 bits per heavy atom. The number of esters is 4. The van der Waals surface area contributed by atoms with Crippen LogP contribution in [0.2, 0.25) is 0 Å². The highest BCUT2D eigenvalue weighted by Gasteiger charge is 2.30. The molecule has 0 fully saturated rings. The number of unbranched alkanes of at least 4 members (excludes halogenated alkanes) is 26. The highest BCUT2D eigenvalue weighted by Crippen LogP contribution is 2.45. The van der Waals surface area contributed by atoms with Crippen molar-refractivity contribution < 1.29 is 80.2 Å². The Bertz CT molecular complexity index is 1660. The van der Waals surface area contributed by atoms with Gasteiger partial charge in [0.1, 0.15) is 19.3 Å². The van der Waals surface area contributed by atoms with Crippen LogP contribution < -0.4 is 0 Å². The van der Waals surface area contributed by atoms with E-state index in [-0.39, 0.29) is 25.7 Å². The van der Waals surface area contributed by atoms with Gasteiger partial charge in [0.25, 0.3) is 0 Å². The number of hydrogen-bond donors (Lipinski definition) is 3. The van der Waals surface area contributed by atoms with E-state index in [0.29, 0.717) is 37.5 Å². The Morgan fingerprint density at radius 1 is 0.337 bits per heavy atom. The minimum Gasteiger partial charge on any atom is -0.462 e. The average Bonchev–Trinajstić information content (AvgIpc) is 3.43. The van der Waals surface area contributed by atoms with Crippen molar-refractivity contribution in [2.24, 2.45) is 23.7 Å². The number of aliphatic hydroxyl groups is 1. The highest BCUT2D eigenvalue weighted by atomic mass is 31.2. The van der Waals surface area contributed by atoms with Crippen molar-refractivity contribution in [3.05, 3.63) is 0 Å². The summed E-state index contributed by atoms with van der Waals surface area (Å²) in [5.41, 5.74) is 0. The zero-order valence-electron chi connectivity index (χ0n) is 53.8. The number of rotatable bonds is 61. The van der Waals surface area contributed by atoms with E-state index in [1.165, 1.54) is 103 Å². The van der Waals surface area contributed by atoms with Gasteiger partial charge in [0.2, 0.25) is 0 Å². The van der Waals surface area contributed by atoms with Crippen LogP contribution in [0, 0.1) is 23.7 Å². The summed E-state index contributed by atoms with van der Waals surface area (Å²) < 4.78 is 67.9. The Kier molecular flexibility index (Phi) is 53.0. The quantitative estimate of drug-likeness (QED) is 0.0222. The molecule has 0 aliphatic heterocycles. The lowest BCUT2D eigenvalue weighted by molar-refractivity contribution is -0.161. The van der Waals surface area contributed by atoms with Crippen LogP contribution in [0.4, 0.5) is 0 Å². The van der Waals surface area contributed by atoms with Gasteiger partial charge in [-0.1, -0.05) is 254 Å². The van der Waals surface area contributed by atoms with Gasteiger partial charge in [-0.15, -0.1) is 0 Å². The molecule has 0 aromatic carbocycles. The van der Waals surface area contributed by atoms with Crippen LogP contribution in [0.1, 0.15) is 306 Å². The first-order chi connectivity index (χ1) is 39.6. The summed E-state index contributed by atoms with van der Waals surface area (Å²) in [6.45, 7) is 13.9. The van der Waals surface area contributed by atoms with Gasteiger partial charge in [0.05, 0.1) is 26.4 Å². The fourth-order valence-corrected chi connectivity index (χ4v) is 11.0. The molecule has 6 atom stereocenters. The van der Waals surface area contributed by atoms with Gasteiger partial charge in [-0.2, -0.15) is 0 Å². The maximum Gasteiger partial charge on any atom is 0.472 e. The number of hydrogen-bond acceptors (Lipinski definition) is 15. The Hall–Kier alpha value is -1.94. The first-order valence-corrected chi connectivity index (χ1v) is 36.2. The fourth-order valence-electron chi connectivity index (χ4n) is 9.40. The molecule has 0 aliphatic carbocycles. The summed E-state index contributed by atoms with van der Waals surface area (Å²) in [5, 5.41) is 10.5. The van der Waals surface area contributed by atoms with Gasteiger partial charge in [-0.05, 0) is 49.4 Å². The highest BCUT2D eigenvalue weighted by molar-refractivity contribution is 7.47. The first-order valence-electron chi connectivity index (χ1n) is 33.2. The third-order valence-corrected chi connectivity index (χ3v) is 16.8. The number of carbonyl (C=O) groups is 4. The molecule has 0 aliphatic rings. The summed E-state index contributed by atoms with van der Waals surface area (Å²) in [7, 11) is -9.89. The van der Waals surface area contributed by atoms with Crippen LogP contribution in [-0.2, 0) is 65.4 Å². The molecule has 0 saturated heterocycles. The van der Waals surface area contributed by atoms with Crippen molar-refractivity contribution in [2.45, 2.75) is 324 Å². The van der Waals surface area contributed by atoms with Crippen LogP contribution in [0.25, 0.3) is 0 Å². The largest absolute Gasteiger partial charge is 0.472 e. The molecule has 0 bridgehead atoms. The van der Waals surface area contributed by atoms with Crippen molar-refractivity contribution in [1.29, 1.82) is 0 Å². The van der Waals surface area contributed by atoms with Crippen LogP contribution in [0.15, 0.2) is 0 Å². The lowest BCUT2D eigenvalue weighted by Crippen LogP contribution is -2.30. The molecule has 17 nitrogen and oxygen atoms in total. The van der Waals surface area contributed by atoms with Gasteiger partial charge in [0, 0.05) is 25.7 Å². The number of aliphatic hydroxyl groups excluding tert-OH is 1. The minimum absolute atomic E-state index is 0.100. The number of ether oxygens (including phenoxy) is 4. The minimum atomic E-state index is -4.95. The van der Waals surface area contributed by atoms with Gasteiger partial charge >= 0.3 is 39.5 Å². The molecule has 0 heterocycles. The summed E-state index contributed by atoms with van der Waals surface area (Å²) in [4.78, 5) is 72.1. The third-order valence-electron chi connectivity index (χ3n) is 14.9. The van der Waals surface area contributed by atoms with Crippen LogP contribution in [-0.4, -0.2) is 96.7 Å². The number of phosphoric acid groups is 2. The van der Waals surface area contributed by atoms with E-state index in [4.69, 9.17) is 37.0 Å². The molecular formula is C64H124O17P2. The van der Waals surface area contributed by atoms with E-state index >= 15 is 0 Å². The zero-order chi connectivity index (χ0) is 61.8. The Labute approximate surface area is 505 Å². The Morgan fingerprint density at radius 2 is 0.578 bits per heavy atom. The van der Waals surface area contributed by atoms with Crippen LogP contribution in [0.5, 0.6) is 0 Å². The van der Waals surface area contributed by atoms with Crippen molar-refractivity contribution in [2.75, 3.05) is 39.6 Å². The van der Waals surface area contributed by atoms with Crippen molar-refractivity contribution in [3.8, 4) is 0 Å². The van der Waals surface area contributed by atoms with Crippen LogP contribution >= 0.6 is 15.6 Å².